The minimum absolute atomic E-state index is 0.473. The zero-order valence-electron chi connectivity index (χ0n) is 11.4. The number of hydrogen-bond donors (Lipinski definition) is 1. The second-order valence-corrected chi connectivity index (χ2v) is 4.98. The lowest BCUT2D eigenvalue weighted by molar-refractivity contribution is -0.144. The lowest BCUT2D eigenvalue weighted by atomic mass is 10.1. The second kappa shape index (κ2) is 5.54. The van der Waals surface area contributed by atoms with Gasteiger partial charge in [0.2, 0.25) is 0 Å². The molecular formula is C14H15ClN2O3. The third-order valence-electron chi connectivity index (χ3n) is 2.90. The van der Waals surface area contributed by atoms with Gasteiger partial charge in [-0.3, -0.25) is 4.68 Å². The van der Waals surface area contributed by atoms with Crippen LogP contribution >= 0.6 is 11.6 Å². The molecule has 0 saturated heterocycles. The van der Waals surface area contributed by atoms with Crippen LogP contribution in [0.1, 0.15) is 12.6 Å². The number of nitrogens with zero attached hydrogens (tertiary/aromatic N) is 2. The van der Waals surface area contributed by atoms with Gasteiger partial charge in [-0.05, 0) is 32.0 Å². The van der Waals surface area contributed by atoms with E-state index in [9.17, 15) is 4.79 Å². The molecule has 1 aromatic heterocycles. The van der Waals surface area contributed by atoms with Crippen molar-refractivity contribution in [1.29, 1.82) is 0 Å². The van der Waals surface area contributed by atoms with E-state index in [-0.39, 0.29) is 0 Å². The van der Waals surface area contributed by atoms with Crippen molar-refractivity contribution in [2.24, 2.45) is 7.05 Å². The van der Waals surface area contributed by atoms with Crippen LogP contribution in [0.3, 0.4) is 0 Å². The summed E-state index contributed by atoms with van der Waals surface area (Å²) in [5, 5.41) is 13.8. The number of carbonyl (C=O) groups is 1. The van der Waals surface area contributed by atoms with E-state index in [0.29, 0.717) is 10.8 Å². The van der Waals surface area contributed by atoms with Crippen LogP contribution in [0.25, 0.3) is 11.1 Å². The predicted molar refractivity (Wildman–Crippen MR) is 76.1 cm³/mol. The van der Waals surface area contributed by atoms with Gasteiger partial charge in [0, 0.05) is 29.4 Å². The van der Waals surface area contributed by atoms with Gasteiger partial charge < -0.3 is 9.84 Å². The highest BCUT2D eigenvalue weighted by atomic mass is 35.5. The summed E-state index contributed by atoms with van der Waals surface area (Å²) in [6.45, 7) is 3.36. The normalized spacial score (nSPS) is 12.2. The first-order valence-electron chi connectivity index (χ1n) is 6.08. The van der Waals surface area contributed by atoms with E-state index in [1.54, 1.807) is 22.9 Å². The van der Waals surface area contributed by atoms with E-state index >= 15 is 0 Å². The summed E-state index contributed by atoms with van der Waals surface area (Å²) in [6, 6.07) is 5.08. The first-order valence-corrected chi connectivity index (χ1v) is 6.46. The third-order valence-corrected chi connectivity index (χ3v) is 3.13. The van der Waals surface area contributed by atoms with E-state index in [1.807, 2.05) is 20.2 Å². The Morgan fingerprint density at radius 1 is 1.45 bits per heavy atom. The molecule has 0 aliphatic rings. The van der Waals surface area contributed by atoms with Gasteiger partial charge >= 0.3 is 5.97 Å². The Morgan fingerprint density at radius 2 is 2.15 bits per heavy atom. The van der Waals surface area contributed by atoms with Crippen molar-refractivity contribution in [3.63, 3.8) is 0 Å². The standard InChI is InChI=1S/C14H15ClN2O3/c1-8-12(7-17(3)16-8)11-6-10(15)4-5-13(11)20-9(2)14(18)19/h4-7,9H,1-3H3,(H,18,19)/t9-/m0/s1. The second-order valence-electron chi connectivity index (χ2n) is 4.54. The molecule has 0 bridgehead atoms. The van der Waals surface area contributed by atoms with Gasteiger partial charge in [0.05, 0.1) is 5.69 Å². The zero-order chi connectivity index (χ0) is 14.9. The van der Waals surface area contributed by atoms with Crippen molar-refractivity contribution < 1.29 is 14.6 Å². The molecule has 2 aromatic rings. The van der Waals surface area contributed by atoms with Crippen molar-refractivity contribution in [1.82, 2.24) is 9.78 Å². The smallest absolute Gasteiger partial charge is 0.344 e. The largest absolute Gasteiger partial charge is 0.479 e. The van der Waals surface area contributed by atoms with Crippen LogP contribution in [0.15, 0.2) is 24.4 Å². The SMILES string of the molecule is Cc1nn(C)cc1-c1cc(Cl)ccc1O[C@@H](C)C(=O)O. The molecule has 0 fully saturated rings. The van der Waals surface area contributed by atoms with Crippen molar-refractivity contribution in [2.45, 2.75) is 20.0 Å². The van der Waals surface area contributed by atoms with Crippen molar-refractivity contribution in [3.8, 4) is 16.9 Å². The van der Waals surface area contributed by atoms with Gasteiger partial charge in [0.1, 0.15) is 5.75 Å². The van der Waals surface area contributed by atoms with Gasteiger partial charge in [0.25, 0.3) is 0 Å². The Balaban J connectivity index is 2.48. The third kappa shape index (κ3) is 2.93. The van der Waals surface area contributed by atoms with Gasteiger partial charge in [-0.25, -0.2) is 4.79 Å². The molecule has 20 heavy (non-hydrogen) atoms. The molecule has 0 saturated carbocycles. The Hall–Kier alpha value is -2.01. The quantitative estimate of drug-likeness (QED) is 0.941. The first kappa shape index (κ1) is 14.4. The maximum absolute atomic E-state index is 10.9. The summed E-state index contributed by atoms with van der Waals surface area (Å²) in [5.74, 6) is -0.547. The maximum Gasteiger partial charge on any atom is 0.344 e. The van der Waals surface area contributed by atoms with Crippen LogP contribution in [0.4, 0.5) is 0 Å². The number of rotatable bonds is 4. The van der Waals surface area contributed by atoms with E-state index in [4.69, 9.17) is 21.4 Å². The Bertz CT molecular complexity index is 652. The monoisotopic (exact) mass is 294 g/mol. The summed E-state index contributed by atoms with van der Waals surface area (Å²) in [5.41, 5.74) is 2.42. The van der Waals surface area contributed by atoms with E-state index < -0.39 is 12.1 Å². The Morgan fingerprint density at radius 3 is 2.70 bits per heavy atom. The number of aliphatic carboxylic acids is 1. The van der Waals surface area contributed by atoms with Crippen LogP contribution < -0.4 is 4.74 Å². The number of ether oxygens (including phenoxy) is 1. The van der Waals surface area contributed by atoms with Crippen LogP contribution in [-0.4, -0.2) is 27.0 Å². The lowest BCUT2D eigenvalue weighted by Crippen LogP contribution is -2.23. The molecule has 1 aromatic carbocycles. The molecule has 1 N–H and O–H groups in total. The molecule has 106 valence electrons. The van der Waals surface area contributed by atoms with E-state index in [1.165, 1.54) is 6.92 Å². The summed E-state index contributed by atoms with van der Waals surface area (Å²) in [7, 11) is 1.82. The van der Waals surface area contributed by atoms with Gasteiger partial charge in [-0.2, -0.15) is 5.10 Å². The average Bonchev–Trinajstić information content (AvgIpc) is 2.70. The Labute approximate surface area is 121 Å². The molecule has 6 heteroatoms. The number of aromatic nitrogens is 2. The molecule has 0 aliphatic heterocycles. The summed E-state index contributed by atoms with van der Waals surface area (Å²) < 4.78 is 7.18. The van der Waals surface area contributed by atoms with Crippen molar-refractivity contribution >= 4 is 17.6 Å². The number of carboxylic acids is 1. The minimum Gasteiger partial charge on any atom is -0.479 e. The number of hydrogen-bond acceptors (Lipinski definition) is 3. The molecule has 2 rings (SSSR count). The fourth-order valence-electron chi connectivity index (χ4n) is 1.92. The molecule has 0 radical (unpaired) electrons. The Kier molecular flexibility index (Phi) is 3.99. The van der Waals surface area contributed by atoms with Crippen LogP contribution in [0, 0.1) is 6.92 Å². The zero-order valence-corrected chi connectivity index (χ0v) is 12.2. The number of carboxylic acid groups (broad SMARTS) is 1. The van der Waals surface area contributed by atoms with Crippen LogP contribution in [0.2, 0.25) is 5.02 Å². The highest BCUT2D eigenvalue weighted by Gasteiger charge is 2.18. The summed E-state index contributed by atoms with van der Waals surface area (Å²) >= 11 is 6.03. The van der Waals surface area contributed by atoms with Crippen LogP contribution in [-0.2, 0) is 11.8 Å². The number of aryl methyl sites for hydroxylation is 2. The van der Waals surface area contributed by atoms with Gasteiger partial charge in [0.15, 0.2) is 6.10 Å². The van der Waals surface area contributed by atoms with Gasteiger partial charge in [-0.15, -0.1) is 0 Å². The first-order chi connectivity index (χ1) is 9.38. The van der Waals surface area contributed by atoms with Crippen molar-refractivity contribution in [2.75, 3.05) is 0 Å². The lowest BCUT2D eigenvalue weighted by Gasteiger charge is -2.14. The fraction of sp³-hybridized carbons (Fsp3) is 0.286. The van der Waals surface area contributed by atoms with Crippen molar-refractivity contribution in [3.05, 3.63) is 35.1 Å². The molecule has 1 atom stereocenters. The van der Waals surface area contributed by atoms with Gasteiger partial charge in [-0.1, -0.05) is 11.6 Å². The molecular weight excluding hydrogens is 280 g/mol. The maximum atomic E-state index is 10.9. The molecule has 0 amide bonds. The highest BCUT2D eigenvalue weighted by Crippen LogP contribution is 2.34. The number of benzene rings is 1. The summed E-state index contributed by atoms with van der Waals surface area (Å²) in [6.07, 6.45) is 0.908. The minimum atomic E-state index is -1.02. The molecule has 0 unspecified atom stereocenters. The molecule has 5 nitrogen and oxygen atoms in total. The summed E-state index contributed by atoms with van der Waals surface area (Å²) in [4.78, 5) is 10.9. The number of halogens is 1. The molecule has 0 aliphatic carbocycles. The van der Waals surface area contributed by atoms with Crippen LogP contribution in [0.5, 0.6) is 5.75 Å². The van der Waals surface area contributed by atoms with E-state index in [2.05, 4.69) is 5.10 Å². The predicted octanol–water partition coefficient (Wildman–Crippen LogP) is 2.90. The highest BCUT2D eigenvalue weighted by molar-refractivity contribution is 6.31. The fourth-order valence-corrected chi connectivity index (χ4v) is 2.09. The van der Waals surface area contributed by atoms with E-state index in [0.717, 1.165) is 16.8 Å². The topological polar surface area (TPSA) is 64.4 Å². The molecule has 1 heterocycles. The molecule has 0 spiro atoms. The average molecular weight is 295 g/mol.